The van der Waals surface area contributed by atoms with Gasteiger partial charge in [-0.25, -0.2) is 0 Å². The van der Waals surface area contributed by atoms with Crippen LogP contribution in [0.4, 0.5) is 0 Å². The molecule has 1 rings (SSSR count). The first kappa shape index (κ1) is 10.6. The average Bonchev–Trinajstić information content (AvgIpc) is 2.25. The van der Waals surface area contributed by atoms with E-state index >= 15 is 0 Å². The Morgan fingerprint density at radius 3 is 2.71 bits per heavy atom. The zero-order valence-electron chi connectivity index (χ0n) is 8.23. The van der Waals surface area contributed by atoms with Crippen molar-refractivity contribution in [2.24, 2.45) is 0 Å². The van der Waals surface area contributed by atoms with E-state index in [1.54, 1.807) is 0 Å². The number of ether oxygens (including phenoxy) is 1. The Balaban J connectivity index is 2.31. The van der Waals surface area contributed by atoms with Gasteiger partial charge in [-0.05, 0) is 18.6 Å². The SMILES string of the molecule is CCC(O)C#CCOc1ccccc1. The fourth-order valence-corrected chi connectivity index (χ4v) is 0.898. The topological polar surface area (TPSA) is 29.5 Å². The van der Waals surface area contributed by atoms with Crippen LogP contribution in [0, 0.1) is 11.8 Å². The maximum absolute atomic E-state index is 9.13. The van der Waals surface area contributed by atoms with Crippen LogP contribution in [0.1, 0.15) is 13.3 Å². The standard InChI is InChI=1S/C12H14O2/c1-2-11(13)7-6-10-14-12-8-4-3-5-9-12/h3-5,8-9,11,13H,2,10H2,1H3. The fraction of sp³-hybridized carbons (Fsp3) is 0.333. The third kappa shape index (κ3) is 3.97. The van der Waals surface area contributed by atoms with Crippen LogP contribution in [0.15, 0.2) is 30.3 Å². The molecule has 0 aliphatic carbocycles. The molecule has 0 aliphatic rings. The lowest BCUT2D eigenvalue weighted by Gasteiger charge is -2.00. The van der Waals surface area contributed by atoms with Gasteiger partial charge in [0.2, 0.25) is 0 Å². The molecular formula is C12H14O2. The van der Waals surface area contributed by atoms with Crippen LogP contribution in [0.25, 0.3) is 0 Å². The van der Waals surface area contributed by atoms with Gasteiger partial charge in [-0.3, -0.25) is 0 Å². The second-order valence-corrected chi connectivity index (χ2v) is 2.85. The van der Waals surface area contributed by atoms with Crippen molar-refractivity contribution in [2.75, 3.05) is 6.61 Å². The van der Waals surface area contributed by atoms with Crippen molar-refractivity contribution >= 4 is 0 Å². The molecule has 0 saturated carbocycles. The van der Waals surface area contributed by atoms with Crippen molar-refractivity contribution in [1.29, 1.82) is 0 Å². The molecule has 0 heterocycles. The average molecular weight is 190 g/mol. The number of rotatable bonds is 3. The van der Waals surface area contributed by atoms with Crippen LogP contribution in [0.3, 0.4) is 0 Å². The first-order valence-corrected chi connectivity index (χ1v) is 4.67. The van der Waals surface area contributed by atoms with E-state index in [1.165, 1.54) is 0 Å². The Kier molecular flexibility index (Phi) is 4.60. The number of hydrogen-bond donors (Lipinski definition) is 1. The normalized spacial score (nSPS) is 11.3. The second kappa shape index (κ2) is 6.06. The predicted octanol–water partition coefficient (Wildman–Crippen LogP) is 1.84. The molecular weight excluding hydrogens is 176 g/mol. The summed E-state index contributed by atoms with van der Waals surface area (Å²) in [6.07, 6.45) is 0.118. The molecule has 1 aromatic rings. The summed E-state index contributed by atoms with van der Waals surface area (Å²) >= 11 is 0. The number of hydrogen-bond acceptors (Lipinski definition) is 2. The van der Waals surface area contributed by atoms with E-state index in [4.69, 9.17) is 9.84 Å². The molecule has 0 fully saturated rings. The molecule has 0 spiro atoms. The molecule has 1 unspecified atom stereocenters. The molecule has 0 aliphatic heterocycles. The van der Waals surface area contributed by atoms with Gasteiger partial charge in [-0.15, -0.1) is 0 Å². The van der Waals surface area contributed by atoms with Gasteiger partial charge in [-0.2, -0.15) is 0 Å². The van der Waals surface area contributed by atoms with Crippen molar-refractivity contribution in [2.45, 2.75) is 19.4 Å². The first-order valence-electron chi connectivity index (χ1n) is 4.67. The molecule has 0 amide bonds. The van der Waals surface area contributed by atoms with Crippen LogP contribution in [0.5, 0.6) is 5.75 Å². The summed E-state index contributed by atoms with van der Waals surface area (Å²) in [4.78, 5) is 0. The van der Waals surface area contributed by atoms with Crippen molar-refractivity contribution in [3.05, 3.63) is 30.3 Å². The molecule has 1 N–H and O–H groups in total. The van der Waals surface area contributed by atoms with Gasteiger partial charge >= 0.3 is 0 Å². The third-order valence-electron chi connectivity index (χ3n) is 1.71. The van der Waals surface area contributed by atoms with Gasteiger partial charge in [0.1, 0.15) is 18.5 Å². The van der Waals surface area contributed by atoms with Crippen LogP contribution >= 0.6 is 0 Å². The molecule has 2 nitrogen and oxygen atoms in total. The Bertz CT molecular complexity index is 308. The van der Waals surface area contributed by atoms with E-state index in [1.807, 2.05) is 37.3 Å². The maximum Gasteiger partial charge on any atom is 0.149 e. The number of para-hydroxylation sites is 1. The van der Waals surface area contributed by atoms with E-state index in [2.05, 4.69) is 11.8 Å². The van der Waals surface area contributed by atoms with Gasteiger partial charge in [0, 0.05) is 0 Å². The van der Waals surface area contributed by atoms with Crippen LogP contribution in [-0.4, -0.2) is 17.8 Å². The van der Waals surface area contributed by atoms with Gasteiger partial charge in [0.05, 0.1) is 0 Å². The highest BCUT2D eigenvalue weighted by atomic mass is 16.5. The molecule has 2 heteroatoms. The van der Waals surface area contributed by atoms with Gasteiger partial charge in [-0.1, -0.05) is 37.0 Å². The van der Waals surface area contributed by atoms with Gasteiger partial charge in [0.15, 0.2) is 0 Å². The van der Waals surface area contributed by atoms with Crippen molar-refractivity contribution in [3.63, 3.8) is 0 Å². The molecule has 1 atom stereocenters. The summed E-state index contributed by atoms with van der Waals surface area (Å²) in [6.45, 7) is 2.21. The lowest BCUT2D eigenvalue weighted by atomic mass is 10.3. The minimum absolute atomic E-state index is 0.321. The summed E-state index contributed by atoms with van der Waals surface area (Å²) < 4.78 is 5.32. The van der Waals surface area contributed by atoms with E-state index in [-0.39, 0.29) is 0 Å². The van der Waals surface area contributed by atoms with Crippen LogP contribution < -0.4 is 4.74 Å². The number of benzene rings is 1. The summed E-state index contributed by atoms with van der Waals surface area (Å²) in [6, 6.07) is 9.49. The monoisotopic (exact) mass is 190 g/mol. The van der Waals surface area contributed by atoms with Crippen molar-refractivity contribution in [1.82, 2.24) is 0 Å². The van der Waals surface area contributed by atoms with Crippen LogP contribution in [0.2, 0.25) is 0 Å². The second-order valence-electron chi connectivity index (χ2n) is 2.85. The molecule has 14 heavy (non-hydrogen) atoms. The lowest BCUT2D eigenvalue weighted by molar-refractivity contribution is 0.228. The van der Waals surface area contributed by atoms with E-state index < -0.39 is 6.10 Å². The summed E-state index contributed by atoms with van der Waals surface area (Å²) in [5, 5.41) is 9.13. The van der Waals surface area contributed by atoms with Gasteiger partial charge in [0.25, 0.3) is 0 Å². The lowest BCUT2D eigenvalue weighted by Crippen LogP contribution is -2.01. The molecule has 0 bridgehead atoms. The highest BCUT2D eigenvalue weighted by molar-refractivity contribution is 5.21. The summed E-state index contributed by atoms with van der Waals surface area (Å²) in [5.74, 6) is 6.24. The summed E-state index contributed by atoms with van der Waals surface area (Å²) in [7, 11) is 0. The predicted molar refractivity (Wildman–Crippen MR) is 56.0 cm³/mol. The molecule has 1 aromatic carbocycles. The molecule has 74 valence electrons. The van der Waals surface area contributed by atoms with Gasteiger partial charge < -0.3 is 9.84 Å². The Morgan fingerprint density at radius 2 is 2.07 bits per heavy atom. The first-order chi connectivity index (χ1) is 6.83. The highest BCUT2D eigenvalue weighted by Gasteiger charge is 1.91. The quantitative estimate of drug-likeness (QED) is 0.737. The van der Waals surface area contributed by atoms with E-state index in [0.717, 1.165) is 5.75 Å². The fourth-order valence-electron chi connectivity index (χ4n) is 0.898. The van der Waals surface area contributed by atoms with Crippen LogP contribution in [-0.2, 0) is 0 Å². The maximum atomic E-state index is 9.13. The van der Waals surface area contributed by atoms with Crippen molar-refractivity contribution < 1.29 is 9.84 Å². The molecule has 0 aromatic heterocycles. The largest absolute Gasteiger partial charge is 0.481 e. The Labute approximate surface area is 84.5 Å². The smallest absolute Gasteiger partial charge is 0.149 e. The minimum atomic E-state index is -0.533. The van der Waals surface area contributed by atoms with Crippen molar-refractivity contribution in [3.8, 4) is 17.6 Å². The molecule has 0 radical (unpaired) electrons. The van der Waals surface area contributed by atoms with E-state index in [0.29, 0.717) is 13.0 Å². The Morgan fingerprint density at radius 1 is 1.36 bits per heavy atom. The summed E-state index contributed by atoms with van der Waals surface area (Å²) in [5.41, 5.74) is 0. The third-order valence-corrected chi connectivity index (χ3v) is 1.71. The Hall–Kier alpha value is -1.46. The number of aliphatic hydroxyl groups excluding tert-OH is 1. The zero-order chi connectivity index (χ0) is 10.2. The number of aliphatic hydroxyl groups is 1. The minimum Gasteiger partial charge on any atom is -0.481 e. The van der Waals surface area contributed by atoms with E-state index in [9.17, 15) is 0 Å². The zero-order valence-corrected chi connectivity index (χ0v) is 8.23. The molecule has 0 saturated heterocycles. The highest BCUT2D eigenvalue weighted by Crippen LogP contribution is 2.07.